The molecule has 0 N–H and O–H groups in total. The molecule has 1 aromatic heterocycles. The smallest absolute Gasteiger partial charge is 0.344 e. The van der Waals surface area contributed by atoms with E-state index < -0.39 is 0 Å². The zero-order valence-corrected chi connectivity index (χ0v) is 17.4. The standard InChI is InChI=1S/C24H28N4O2/c1-20-16-25-28(17-20)24(29)27-12-6-11-26(13-14-27)18-22-9-5-10-23(15-22)30-19-21-7-3-2-4-8-21/h2-5,7-10,15-17H,6,11-14,18-19H2,1H3. The third-order valence-electron chi connectivity index (χ3n) is 5.32. The molecule has 0 aliphatic carbocycles. The molecule has 2 heterocycles. The van der Waals surface area contributed by atoms with Crippen LogP contribution in [0.1, 0.15) is 23.1 Å². The lowest BCUT2D eigenvalue weighted by Crippen LogP contribution is -2.38. The number of carbonyl (C=O) groups is 1. The topological polar surface area (TPSA) is 50.6 Å². The first-order valence-electron chi connectivity index (χ1n) is 10.5. The third kappa shape index (κ3) is 5.27. The van der Waals surface area contributed by atoms with Gasteiger partial charge in [-0.15, -0.1) is 0 Å². The summed E-state index contributed by atoms with van der Waals surface area (Å²) in [4.78, 5) is 17.0. The predicted octanol–water partition coefficient (Wildman–Crippen LogP) is 3.95. The van der Waals surface area contributed by atoms with Gasteiger partial charge in [-0.25, -0.2) is 4.79 Å². The van der Waals surface area contributed by atoms with Crippen LogP contribution in [0.25, 0.3) is 0 Å². The van der Waals surface area contributed by atoms with Gasteiger partial charge in [0.05, 0.1) is 6.20 Å². The maximum atomic E-state index is 12.7. The molecule has 0 radical (unpaired) electrons. The number of amides is 1. The molecule has 1 aliphatic heterocycles. The second-order valence-electron chi connectivity index (χ2n) is 7.78. The van der Waals surface area contributed by atoms with Gasteiger partial charge in [0.15, 0.2) is 0 Å². The molecule has 156 valence electrons. The number of ether oxygens (including phenoxy) is 1. The molecule has 0 bridgehead atoms. The number of aromatic nitrogens is 2. The van der Waals surface area contributed by atoms with Gasteiger partial charge in [-0.2, -0.15) is 9.78 Å². The first kappa shape index (κ1) is 20.2. The average Bonchev–Trinajstić information content (AvgIpc) is 3.07. The predicted molar refractivity (Wildman–Crippen MR) is 116 cm³/mol. The van der Waals surface area contributed by atoms with Crippen molar-refractivity contribution in [1.82, 2.24) is 19.6 Å². The Labute approximate surface area is 177 Å². The molecule has 0 saturated carbocycles. The van der Waals surface area contributed by atoms with Gasteiger partial charge < -0.3 is 9.64 Å². The zero-order valence-electron chi connectivity index (χ0n) is 17.4. The summed E-state index contributed by atoms with van der Waals surface area (Å²) >= 11 is 0. The van der Waals surface area contributed by atoms with Crippen molar-refractivity contribution >= 4 is 6.03 Å². The number of aryl methyl sites for hydroxylation is 1. The van der Waals surface area contributed by atoms with Crippen LogP contribution in [-0.4, -0.2) is 51.8 Å². The van der Waals surface area contributed by atoms with Crippen LogP contribution < -0.4 is 4.74 Å². The lowest BCUT2D eigenvalue weighted by Gasteiger charge is -2.22. The van der Waals surface area contributed by atoms with E-state index in [1.54, 1.807) is 12.4 Å². The van der Waals surface area contributed by atoms with E-state index in [2.05, 4.69) is 34.3 Å². The van der Waals surface area contributed by atoms with E-state index in [0.717, 1.165) is 49.5 Å². The Morgan fingerprint density at radius 2 is 1.83 bits per heavy atom. The van der Waals surface area contributed by atoms with E-state index in [-0.39, 0.29) is 6.03 Å². The molecule has 0 atom stereocenters. The highest BCUT2D eigenvalue weighted by Gasteiger charge is 2.21. The van der Waals surface area contributed by atoms with Gasteiger partial charge in [-0.05, 0) is 42.2 Å². The summed E-state index contributed by atoms with van der Waals surface area (Å²) in [6, 6.07) is 18.4. The van der Waals surface area contributed by atoms with Crippen LogP contribution in [0.5, 0.6) is 5.75 Å². The molecule has 4 rings (SSSR count). The second kappa shape index (κ2) is 9.59. The zero-order chi connectivity index (χ0) is 20.8. The van der Waals surface area contributed by atoms with Crippen molar-refractivity contribution < 1.29 is 9.53 Å². The van der Waals surface area contributed by atoms with E-state index in [4.69, 9.17) is 4.74 Å². The Morgan fingerprint density at radius 1 is 1.00 bits per heavy atom. The molecule has 30 heavy (non-hydrogen) atoms. The molecule has 1 fully saturated rings. The van der Waals surface area contributed by atoms with Crippen LogP contribution >= 0.6 is 0 Å². The number of benzene rings is 2. The van der Waals surface area contributed by atoms with Gasteiger partial charge in [-0.1, -0.05) is 42.5 Å². The Kier molecular flexibility index (Phi) is 6.44. The molecule has 1 aliphatic rings. The fraction of sp³-hybridized carbons (Fsp3) is 0.333. The van der Waals surface area contributed by atoms with Crippen LogP contribution in [0, 0.1) is 6.92 Å². The van der Waals surface area contributed by atoms with Crippen LogP contribution in [-0.2, 0) is 13.2 Å². The Balaban J connectivity index is 1.31. The Bertz CT molecular complexity index is 970. The quantitative estimate of drug-likeness (QED) is 0.646. The molecular weight excluding hydrogens is 376 g/mol. The lowest BCUT2D eigenvalue weighted by atomic mass is 10.2. The van der Waals surface area contributed by atoms with Gasteiger partial charge in [0.1, 0.15) is 12.4 Å². The van der Waals surface area contributed by atoms with Gasteiger partial charge in [0.2, 0.25) is 0 Å². The lowest BCUT2D eigenvalue weighted by molar-refractivity contribution is 0.196. The van der Waals surface area contributed by atoms with Crippen molar-refractivity contribution in [2.45, 2.75) is 26.5 Å². The molecule has 2 aromatic carbocycles. The average molecular weight is 405 g/mol. The molecule has 1 amide bonds. The summed E-state index contributed by atoms with van der Waals surface area (Å²) in [7, 11) is 0. The molecule has 6 nitrogen and oxygen atoms in total. The van der Waals surface area contributed by atoms with Crippen molar-refractivity contribution in [3.63, 3.8) is 0 Å². The van der Waals surface area contributed by atoms with E-state index in [0.29, 0.717) is 13.2 Å². The minimum Gasteiger partial charge on any atom is -0.489 e. The minimum absolute atomic E-state index is 0.0405. The summed E-state index contributed by atoms with van der Waals surface area (Å²) in [5, 5.41) is 4.16. The normalized spacial score (nSPS) is 15.0. The number of nitrogens with zero attached hydrogens (tertiary/aromatic N) is 4. The van der Waals surface area contributed by atoms with Gasteiger partial charge in [-0.3, -0.25) is 4.90 Å². The van der Waals surface area contributed by atoms with E-state index >= 15 is 0 Å². The van der Waals surface area contributed by atoms with Crippen molar-refractivity contribution in [1.29, 1.82) is 0 Å². The minimum atomic E-state index is -0.0405. The number of carbonyl (C=O) groups excluding carboxylic acids is 1. The second-order valence-corrected chi connectivity index (χ2v) is 7.78. The molecule has 3 aromatic rings. The van der Waals surface area contributed by atoms with Gasteiger partial charge in [0, 0.05) is 38.9 Å². The summed E-state index contributed by atoms with van der Waals surface area (Å²) in [6.45, 7) is 6.65. The summed E-state index contributed by atoms with van der Waals surface area (Å²) in [6.07, 6.45) is 4.46. The number of rotatable bonds is 5. The molecule has 0 spiro atoms. The highest BCUT2D eigenvalue weighted by Crippen LogP contribution is 2.18. The summed E-state index contributed by atoms with van der Waals surface area (Å²) < 4.78 is 7.41. The number of hydrogen-bond donors (Lipinski definition) is 0. The highest BCUT2D eigenvalue weighted by molar-refractivity contribution is 5.76. The van der Waals surface area contributed by atoms with Crippen molar-refractivity contribution in [3.05, 3.63) is 83.7 Å². The fourth-order valence-electron chi connectivity index (χ4n) is 3.72. The summed E-state index contributed by atoms with van der Waals surface area (Å²) in [5.74, 6) is 0.886. The van der Waals surface area contributed by atoms with Crippen LogP contribution in [0.4, 0.5) is 4.79 Å². The van der Waals surface area contributed by atoms with Gasteiger partial charge >= 0.3 is 6.03 Å². The maximum absolute atomic E-state index is 12.7. The first-order valence-corrected chi connectivity index (χ1v) is 10.5. The SMILES string of the molecule is Cc1cnn(C(=O)N2CCCN(Cc3cccc(OCc4ccccc4)c3)CC2)c1. The first-order chi connectivity index (χ1) is 14.7. The van der Waals surface area contributed by atoms with Crippen LogP contribution in [0.2, 0.25) is 0 Å². The molecule has 6 heteroatoms. The van der Waals surface area contributed by atoms with Crippen molar-refractivity contribution in [3.8, 4) is 5.75 Å². The number of hydrogen-bond acceptors (Lipinski definition) is 4. The van der Waals surface area contributed by atoms with E-state index in [1.807, 2.05) is 42.2 Å². The molecule has 1 saturated heterocycles. The van der Waals surface area contributed by atoms with E-state index in [1.165, 1.54) is 10.2 Å². The van der Waals surface area contributed by atoms with Crippen molar-refractivity contribution in [2.24, 2.45) is 0 Å². The van der Waals surface area contributed by atoms with Gasteiger partial charge in [0.25, 0.3) is 0 Å². The van der Waals surface area contributed by atoms with Crippen LogP contribution in [0.3, 0.4) is 0 Å². The Morgan fingerprint density at radius 3 is 2.63 bits per heavy atom. The molecule has 0 unspecified atom stereocenters. The molecular formula is C24H28N4O2. The third-order valence-corrected chi connectivity index (χ3v) is 5.32. The fourth-order valence-corrected chi connectivity index (χ4v) is 3.72. The van der Waals surface area contributed by atoms with Crippen molar-refractivity contribution in [2.75, 3.05) is 26.2 Å². The largest absolute Gasteiger partial charge is 0.489 e. The van der Waals surface area contributed by atoms with Crippen LogP contribution in [0.15, 0.2) is 67.0 Å². The Hall–Kier alpha value is -3.12. The summed E-state index contributed by atoms with van der Waals surface area (Å²) in [5.41, 5.74) is 3.38. The maximum Gasteiger partial charge on any atom is 0.344 e. The van der Waals surface area contributed by atoms with E-state index in [9.17, 15) is 4.79 Å². The monoisotopic (exact) mass is 404 g/mol. The highest BCUT2D eigenvalue weighted by atomic mass is 16.5.